The van der Waals surface area contributed by atoms with Crippen molar-refractivity contribution in [2.24, 2.45) is 0 Å². The molecule has 4 nitrogen and oxygen atoms in total. The van der Waals surface area contributed by atoms with Crippen LogP contribution in [0.5, 0.6) is 0 Å². The van der Waals surface area contributed by atoms with E-state index < -0.39 is 0 Å². The molecule has 0 spiro atoms. The Labute approximate surface area is 125 Å². The van der Waals surface area contributed by atoms with Crippen LogP contribution < -0.4 is 5.32 Å². The molecule has 1 aromatic rings. The lowest BCUT2D eigenvalue weighted by Gasteiger charge is -2.18. The topological polar surface area (TPSA) is 55.4 Å². The highest BCUT2D eigenvalue weighted by molar-refractivity contribution is 6.03. The van der Waals surface area contributed by atoms with Crippen LogP contribution in [0.3, 0.4) is 0 Å². The number of hydrogen-bond donors (Lipinski definition) is 1. The monoisotopic (exact) mass is 287 g/mol. The standard InChI is InChI=1S/C17H21NO3/c1-2-21-17(20)15-11-7-6-10-14(15)16(19)18-12-13-8-4-3-5-9-13/h3-5,8-9H,2,6-7,10-12H2,1H3,(H,18,19). The molecule has 112 valence electrons. The van der Waals surface area contributed by atoms with Crippen molar-refractivity contribution in [3.8, 4) is 0 Å². The van der Waals surface area contributed by atoms with Gasteiger partial charge in [0, 0.05) is 17.7 Å². The lowest BCUT2D eigenvalue weighted by molar-refractivity contribution is -0.139. The number of amides is 1. The SMILES string of the molecule is CCOC(=O)C1=C(C(=O)NCc2ccccc2)CCCC1. The number of rotatable bonds is 5. The number of benzene rings is 1. The van der Waals surface area contributed by atoms with Crippen LogP contribution in [0, 0.1) is 0 Å². The molecular formula is C17H21NO3. The molecule has 2 rings (SSSR count). The lowest BCUT2D eigenvalue weighted by Crippen LogP contribution is -2.28. The van der Waals surface area contributed by atoms with Crippen molar-refractivity contribution in [2.75, 3.05) is 6.61 Å². The summed E-state index contributed by atoms with van der Waals surface area (Å²) in [5.41, 5.74) is 2.18. The van der Waals surface area contributed by atoms with Crippen LogP contribution in [0.15, 0.2) is 41.5 Å². The third kappa shape index (κ3) is 4.18. The van der Waals surface area contributed by atoms with Gasteiger partial charge in [0.1, 0.15) is 0 Å². The maximum atomic E-state index is 12.3. The van der Waals surface area contributed by atoms with Gasteiger partial charge in [0.15, 0.2) is 0 Å². The summed E-state index contributed by atoms with van der Waals surface area (Å²) >= 11 is 0. The van der Waals surface area contributed by atoms with Gasteiger partial charge in [0.2, 0.25) is 5.91 Å². The number of hydrogen-bond acceptors (Lipinski definition) is 3. The highest BCUT2D eigenvalue weighted by Crippen LogP contribution is 2.26. The van der Waals surface area contributed by atoms with Crippen molar-refractivity contribution < 1.29 is 14.3 Å². The lowest BCUT2D eigenvalue weighted by atomic mass is 9.91. The molecule has 0 bridgehead atoms. The van der Waals surface area contributed by atoms with E-state index in [9.17, 15) is 9.59 Å². The summed E-state index contributed by atoms with van der Waals surface area (Å²) in [6, 6.07) is 9.73. The van der Waals surface area contributed by atoms with Crippen LogP contribution in [-0.4, -0.2) is 18.5 Å². The van der Waals surface area contributed by atoms with Crippen molar-refractivity contribution >= 4 is 11.9 Å². The van der Waals surface area contributed by atoms with Gasteiger partial charge in [-0.2, -0.15) is 0 Å². The van der Waals surface area contributed by atoms with Crippen LogP contribution in [0.2, 0.25) is 0 Å². The van der Waals surface area contributed by atoms with Crippen LogP contribution in [0.1, 0.15) is 38.2 Å². The predicted octanol–water partition coefficient (Wildman–Crippen LogP) is 2.74. The molecular weight excluding hydrogens is 266 g/mol. The van der Waals surface area contributed by atoms with Gasteiger partial charge in [-0.15, -0.1) is 0 Å². The van der Waals surface area contributed by atoms with Crippen molar-refractivity contribution in [3.63, 3.8) is 0 Å². The van der Waals surface area contributed by atoms with E-state index in [0.717, 1.165) is 18.4 Å². The summed E-state index contributed by atoms with van der Waals surface area (Å²) in [4.78, 5) is 24.2. The van der Waals surface area contributed by atoms with E-state index in [2.05, 4.69) is 5.32 Å². The zero-order valence-electron chi connectivity index (χ0n) is 12.4. The van der Waals surface area contributed by atoms with Gasteiger partial charge in [0.05, 0.1) is 6.61 Å². The van der Waals surface area contributed by atoms with Crippen molar-refractivity contribution in [3.05, 3.63) is 47.0 Å². The largest absolute Gasteiger partial charge is 0.463 e. The minimum absolute atomic E-state index is 0.151. The predicted molar refractivity (Wildman–Crippen MR) is 80.4 cm³/mol. The number of esters is 1. The molecule has 0 saturated heterocycles. The summed E-state index contributed by atoms with van der Waals surface area (Å²) in [6.45, 7) is 2.58. The van der Waals surface area contributed by atoms with Crippen molar-refractivity contribution in [1.29, 1.82) is 0 Å². The Kier molecular flexibility index (Phi) is 5.55. The molecule has 0 fully saturated rings. The second-order valence-electron chi connectivity index (χ2n) is 5.05. The van der Waals surface area contributed by atoms with Crippen LogP contribution in [-0.2, 0) is 20.9 Å². The summed E-state index contributed by atoms with van der Waals surface area (Å²) in [6.07, 6.45) is 3.16. The Balaban J connectivity index is 2.05. The fraction of sp³-hybridized carbons (Fsp3) is 0.412. The van der Waals surface area contributed by atoms with Gasteiger partial charge < -0.3 is 10.1 Å². The van der Waals surface area contributed by atoms with Gasteiger partial charge in [0.25, 0.3) is 0 Å². The summed E-state index contributed by atoms with van der Waals surface area (Å²) in [5, 5.41) is 2.89. The quantitative estimate of drug-likeness (QED) is 0.847. The molecule has 0 unspecified atom stereocenters. The van der Waals surface area contributed by atoms with Crippen molar-refractivity contribution in [1.82, 2.24) is 5.32 Å². The summed E-state index contributed by atoms with van der Waals surface area (Å²) in [5.74, 6) is -0.497. The molecule has 1 aromatic carbocycles. The number of carbonyl (C=O) groups excluding carboxylic acids is 2. The molecule has 0 aromatic heterocycles. The van der Waals surface area contributed by atoms with E-state index >= 15 is 0 Å². The van der Waals surface area contributed by atoms with Gasteiger partial charge >= 0.3 is 5.97 Å². The Morgan fingerprint density at radius 3 is 2.43 bits per heavy atom. The van der Waals surface area contributed by atoms with E-state index in [1.807, 2.05) is 30.3 Å². The molecule has 1 aliphatic rings. The first-order valence-corrected chi connectivity index (χ1v) is 7.43. The van der Waals surface area contributed by atoms with Crippen LogP contribution in [0.25, 0.3) is 0 Å². The second kappa shape index (κ2) is 7.62. The minimum atomic E-state index is -0.345. The Morgan fingerprint density at radius 1 is 1.10 bits per heavy atom. The van der Waals surface area contributed by atoms with E-state index in [-0.39, 0.29) is 11.9 Å². The number of ether oxygens (including phenoxy) is 1. The second-order valence-corrected chi connectivity index (χ2v) is 5.05. The average molecular weight is 287 g/mol. The van der Waals surface area contributed by atoms with Crippen molar-refractivity contribution in [2.45, 2.75) is 39.2 Å². The molecule has 0 radical (unpaired) electrons. The summed E-state index contributed by atoms with van der Waals surface area (Å²) < 4.78 is 5.05. The third-order valence-electron chi connectivity index (χ3n) is 3.56. The molecule has 0 saturated carbocycles. The molecule has 1 amide bonds. The van der Waals surface area contributed by atoms with Crippen LogP contribution in [0.4, 0.5) is 0 Å². The highest BCUT2D eigenvalue weighted by Gasteiger charge is 2.24. The normalized spacial score (nSPS) is 14.7. The molecule has 0 atom stereocenters. The molecule has 0 aliphatic heterocycles. The first kappa shape index (κ1) is 15.3. The maximum absolute atomic E-state index is 12.3. The van der Waals surface area contributed by atoms with E-state index in [4.69, 9.17) is 4.74 Å². The van der Waals surface area contributed by atoms with E-state index in [1.165, 1.54) is 0 Å². The van der Waals surface area contributed by atoms with Gasteiger partial charge in [-0.3, -0.25) is 4.79 Å². The summed E-state index contributed by atoms with van der Waals surface area (Å²) in [7, 11) is 0. The molecule has 1 aliphatic carbocycles. The third-order valence-corrected chi connectivity index (χ3v) is 3.56. The zero-order valence-corrected chi connectivity index (χ0v) is 12.4. The average Bonchev–Trinajstić information content (AvgIpc) is 2.54. The zero-order chi connectivity index (χ0) is 15.1. The minimum Gasteiger partial charge on any atom is -0.463 e. The van der Waals surface area contributed by atoms with E-state index in [0.29, 0.717) is 37.1 Å². The smallest absolute Gasteiger partial charge is 0.334 e. The molecule has 0 heterocycles. The molecule has 1 N–H and O–H groups in total. The van der Waals surface area contributed by atoms with Gasteiger partial charge in [-0.05, 0) is 38.2 Å². The van der Waals surface area contributed by atoms with E-state index in [1.54, 1.807) is 6.92 Å². The number of carbonyl (C=O) groups is 2. The van der Waals surface area contributed by atoms with Gasteiger partial charge in [-0.1, -0.05) is 30.3 Å². The number of nitrogens with one attached hydrogen (secondary N) is 1. The fourth-order valence-corrected chi connectivity index (χ4v) is 2.48. The highest BCUT2D eigenvalue weighted by atomic mass is 16.5. The maximum Gasteiger partial charge on any atom is 0.334 e. The fourth-order valence-electron chi connectivity index (χ4n) is 2.48. The Morgan fingerprint density at radius 2 is 1.76 bits per heavy atom. The first-order valence-electron chi connectivity index (χ1n) is 7.43. The van der Waals surface area contributed by atoms with Gasteiger partial charge in [-0.25, -0.2) is 4.79 Å². The Bertz CT molecular complexity index is 534. The van der Waals surface area contributed by atoms with Crippen LogP contribution >= 0.6 is 0 Å². The molecule has 4 heteroatoms. The Hall–Kier alpha value is -2.10. The first-order chi connectivity index (χ1) is 10.2. The molecule has 21 heavy (non-hydrogen) atoms.